The number of fused-ring (bicyclic) bond motifs is 2. The number of likely N-dealkylation sites (N-methyl/N-ethyl adjacent to an activating group) is 2. The Morgan fingerprint density at radius 3 is 2.59 bits per heavy atom. The molecule has 0 radical (unpaired) electrons. The molecule has 4 heterocycles. The predicted octanol–water partition coefficient (Wildman–Crippen LogP) is 4.84. The molecule has 2 aromatic carbocycles. The van der Waals surface area contributed by atoms with Crippen molar-refractivity contribution in [3.05, 3.63) is 72.9 Å². The molecule has 0 saturated carbocycles. The highest BCUT2D eigenvalue weighted by atomic mass is 19.1. The van der Waals surface area contributed by atoms with Gasteiger partial charge in [0.25, 0.3) is 0 Å². The second kappa shape index (κ2) is 12.2. The van der Waals surface area contributed by atoms with Gasteiger partial charge in [0, 0.05) is 47.7 Å². The fraction of sp³-hybridized carbons (Fsp3) is 0.219. The van der Waals surface area contributed by atoms with Gasteiger partial charge in [-0.2, -0.15) is 5.10 Å². The number of carbonyl (C=O) groups is 1. The summed E-state index contributed by atoms with van der Waals surface area (Å²) in [4.78, 5) is 33.1. The highest BCUT2D eigenvalue weighted by Gasteiger charge is 2.17. The van der Waals surface area contributed by atoms with E-state index in [4.69, 9.17) is 4.98 Å². The van der Waals surface area contributed by atoms with E-state index in [0.717, 1.165) is 34.1 Å². The maximum absolute atomic E-state index is 14.7. The van der Waals surface area contributed by atoms with Crippen LogP contribution in [0.25, 0.3) is 55.8 Å². The molecular weight excluding hydrogens is 559 g/mol. The monoisotopic (exact) mass is 592 g/mol. The molecule has 12 heteroatoms. The predicted molar refractivity (Wildman–Crippen MR) is 172 cm³/mol. The maximum atomic E-state index is 14.7. The molecule has 0 aliphatic heterocycles. The lowest BCUT2D eigenvalue weighted by molar-refractivity contribution is -0.116. The first-order valence-electron chi connectivity index (χ1n) is 14.2. The normalized spacial score (nSPS) is 11.6. The molecule has 0 spiro atoms. The molecule has 6 aromatic rings. The number of nitrogens with one attached hydrogen (secondary N) is 4. The van der Waals surface area contributed by atoms with Crippen molar-refractivity contribution in [1.82, 2.24) is 39.9 Å². The van der Waals surface area contributed by atoms with Crippen LogP contribution in [0.4, 0.5) is 15.8 Å². The first-order valence-corrected chi connectivity index (χ1v) is 14.2. The maximum Gasteiger partial charge on any atom is 0.238 e. The molecule has 0 atom stereocenters. The molecule has 0 unspecified atom stereocenters. The third-order valence-corrected chi connectivity index (χ3v) is 7.09. The van der Waals surface area contributed by atoms with E-state index in [1.807, 2.05) is 64.6 Å². The van der Waals surface area contributed by atoms with Crippen molar-refractivity contribution in [2.24, 2.45) is 0 Å². The van der Waals surface area contributed by atoms with E-state index in [0.29, 0.717) is 46.2 Å². The Morgan fingerprint density at radius 1 is 0.932 bits per heavy atom. The largest absolute Gasteiger partial charge is 0.384 e. The molecule has 0 saturated heterocycles. The van der Waals surface area contributed by atoms with Crippen LogP contribution in [0.3, 0.4) is 0 Å². The minimum atomic E-state index is -0.332. The van der Waals surface area contributed by atoms with Crippen molar-refractivity contribution in [1.29, 1.82) is 0 Å². The number of aromatic nitrogens is 6. The highest BCUT2D eigenvalue weighted by molar-refractivity contribution is 5.98. The van der Waals surface area contributed by atoms with Crippen molar-refractivity contribution in [2.75, 3.05) is 58.5 Å². The van der Waals surface area contributed by atoms with Gasteiger partial charge in [0.2, 0.25) is 5.91 Å². The van der Waals surface area contributed by atoms with Crippen LogP contribution in [0.5, 0.6) is 0 Å². The summed E-state index contributed by atoms with van der Waals surface area (Å²) < 4.78 is 14.7. The van der Waals surface area contributed by atoms with Gasteiger partial charge in [0.1, 0.15) is 11.5 Å². The fourth-order valence-corrected chi connectivity index (χ4v) is 5.06. The molecule has 44 heavy (non-hydrogen) atoms. The molecule has 11 nitrogen and oxygen atoms in total. The van der Waals surface area contributed by atoms with Gasteiger partial charge in [-0.25, -0.2) is 14.4 Å². The number of halogens is 1. The standard InChI is InChI=1S/C32H33FN10O/c1-42(2)10-9-35-23-12-20(11-22(33)15-23)25-7-8-36-31-29(25)38-32(39-31)30-26-14-19(5-6-27(26)40-41-30)21-13-24(17-34-16-21)37-28(44)18-43(3)4/h5-8,11-17,35H,9-10,18H2,1-4H3,(H,37,44)(H,40,41)(H,36,38,39). The SMILES string of the molecule is CN(C)CCNc1cc(F)cc(-c2ccnc3nc(-c4n[nH]c5ccc(-c6cncc(NC(=O)CN(C)C)c6)cc45)[nH]c23)c1. The van der Waals surface area contributed by atoms with Gasteiger partial charge in [-0.15, -0.1) is 0 Å². The molecule has 0 fully saturated rings. The topological polar surface area (TPSA) is 131 Å². The average molecular weight is 593 g/mol. The Hall–Kier alpha value is -5.20. The summed E-state index contributed by atoms with van der Waals surface area (Å²) in [5.74, 6) is 0.0857. The van der Waals surface area contributed by atoms with E-state index in [1.54, 1.807) is 23.5 Å². The number of hydrogen-bond donors (Lipinski definition) is 4. The van der Waals surface area contributed by atoms with E-state index in [1.165, 1.54) is 12.1 Å². The van der Waals surface area contributed by atoms with Crippen LogP contribution >= 0.6 is 0 Å². The quantitative estimate of drug-likeness (QED) is 0.178. The zero-order chi connectivity index (χ0) is 30.8. The van der Waals surface area contributed by atoms with Crippen molar-refractivity contribution in [3.63, 3.8) is 0 Å². The molecular formula is C32H33FN10O. The van der Waals surface area contributed by atoms with Crippen LogP contribution < -0.4 is 10.6 Å². The molecule has 0 bridgehead atoms. The Bertz CT molecular complexity index is 1960. The van der Waals surface area contributed by atoms with E-state index >= 15 is 0 Å². The van der Waals surface area contributed by atoms with Crippen LogP contribution in [-0.4, -0.2) is 93.7 Å². The Morgan fingerprint density at radius 2 is 1.77 bits per heavy atom. The number of rotatable bonds is 10. The van der Waals surface area contributed by atoms with Gasteiger partial charge >= 0.3 is 0 Å². The molecule has 4 aromatic heterocycles. The minimum Gasteiger partial charge on any atom is -0.384 e. The zero-order valence-electron chi connectivity index (χ0n) is 24.9. The van der Waals surface area contributed by atoms with Crippen LogP contribution in [0.15, 0.2) is 67.1 Å². The number of pyridine rings is 2. The lowest BCUT2D eigenvalue weighted by Gasteiger charge is -2.13. The summed E-state index contributed by atoms with van der Waals surface area (Å²) in [7, 11) is 7.67. The minimum absolute atomic E-state index is 0.116. The molecule has 224 valence electrons. The van der Waals surface area contributed by atoms with E-state index < -0.39 is 0 Å². The fourth-order valence-electron chi connectivity index (χ4n) is 5.06. The van der Waals surface area contributed by atoms with Crippen molar-refractivity contribution in [2.45, 2.75) is 0 Å². The number of imidazole rings is 1. The number of H-pyrrole nitrogens is 2. The molecule has 4 N–H and O–H groups in total. The smallest absolute Gasteiger partial charge is 0.238 e. The third-order valence-electron chi connectivity index (χ3n) is 7.09. The van der Waals surface area contributed by atoms with E-state index in [2.05, 4.69) is 40.7 Å². The number of carbonyl (C=O) groups excluding carboxylic acids is 1. The van der Waals surface area contributed by atoms with Crippen LogP contribution in [0, 0.1) is 5.82 Å². The summed E-state index contributed by atoms with van der Waals surface area (Å²) in [6.07, 6.45) is 5.05. The summed E-state index contributed by atoms with van der Waals surface area (Å²) >= 11 is 0. The molecule has 1 amide bonds. The second-order valence-corrected chi connectivity index (χ2v) is 11.2. The summed E-state index contributed by atoms with van der Waals surface area (Å²) in [5, 5.41) is 14.7. The van der Waals surface area contributed by atoms with E-state index in [-0.39, 0.29) is 18.3 Å². The average Bonchev–Trinajstić information content (AvgIpc) is 3.60. The van der Waals surface area contributed by atoms with Gasteiger partial charge in [0.05, 0.1) is 29.5 Å². The molecule has 0 aliphatic carbocycles. The number of aromatic amines is 2. The first kappa shape index (κ1) is 28.9. The lowest BCUT2D eigenvalue weighted by atomic mass is 10.0. The Balaban J connectivity index is 1.33. The molecule has 0 aliphatic rings. The number of amides is 1. The first-order chi connectivity index (χ1) is 21.2. The van der Waals surface area contributed by atoms with Gasteiger partial charge in [-0.3, -0.25) is 14.9 Å². The Kier molecular flexibility index (Phi) is 8.01. The summed E-state index contributed by atoms with van der Waals surface area (Å²) in [6, 6.07) is 14.6. The molecule has 6 rings (SSSR count). The van der Waals surface area contributed by atoms with Crippen molar-refractivity contribution in [3.8, 4) is 33.8 Å². The number of benzene rings is 2. The van der Waals surface area contributed by atoms with Gasteiger partial charge < -0.3 is 25.4 Å². The Labute approximate surface area is 253 Å². The van der Waals surface area contributed by atoms with Crippen LogP contribution in [0.2, 0.25) is 0 Å². The van der Waals surface area contributed by atoms with Gasteiger partial charge in [0.15, 0.2) is 11.5 Å². The third kappa shape index (κ3) is 6.26. The summed E-state index contributed by atoms with van der Waals surface area (Å²) in [6.45, 7) is 1.79. The van der Waals surface area contributed by atoms with Gasteiger partial charge in [-0.1, -0.05) is 6.07 Å². The summed E-state index contributed by atoms with van der Waals surface area (Å²) in [5.41, 5.74) is 7.20. The van der Waals surface area contributed by atoms with E-state index in [9.17, 15) is 9.18 Å². The van der Waals surface area contributed by atoms with Crippen LogP contribution in [-0.2, 0) is 4.79 Å². The highest BCUT2D eigenvalue weighted by Crippen LogP contribution is 2.34. The second-order valence-electron chi connectivity index (χ2n) is 11.2. The van der Waals surface area contributed by atoms with Crippen molar-refractivity contribution < 1.29 is 9.18 Å². The number of nitrogens with zero attached hydrogens (tertiary/aromatic N) is 6. The number of anilines is 2. The number of hydrogen-bond acceptors (Lipinski definition) is 8. The van der Waals surface area contributed by atoms with Gasteiger partial charge in [-0.05, 0) is 81.8 Å². The lowest BCUT2D eigenvalue weighted by Crippen LogP contribution is -2.27. The zero-order valence-corrected chi connectivity index (χ0v) is 24.9. The van der Waals surface area contributed by atoms with Crippen molar-refractivity contribution >= 4 is 39.3 Å². The van der Waals surface area contributed by atoms with Crippen LogP contribution in [0.1, 0.15) is 0 Å².